The summed E-state index contributed by atoms with van der Waals surface area (Å²) in [5, 5.41) is 0. The molecular weight excluding hydrogens is 416 g/mol. The van der Waals surface area contributed by atoms with Crippen LogP contribution in [0.4, 0.5) is 5.69 Å². The van der Waals surface area contributed by atoms with Gasteiger partial charge in [-0.15, -0.1) is 0 Å². The minimum atomic E-state index is -3.47. The van der Waals surface area contributed by atoms with Gasteiger partial charge in [0.05, 0.1) is 27.8 Å². The Morgan fingerprint density at radius 3 is 2.58 bits per heavy atom. The largest absolute Gasteiger partial charge is 0.486 e. The molecule has 0 radical (unpaired) electrons. The number of rotatable bonds is 3. The highest BCUT2D eigenvalue weighted by atomic mass is 32.2. The molecule has 1 aliphatic heterocycles. The highest BCUT2D eigenvalue weighted by molar-refractivity contribution is 7.90. The molecule has 156 valence electrons. The maximum absolute atomic E-state index is 12.2. The smallest absolute Gasteiger partial charge is 0.176 e. The lowest BCUT2D eigenvalue weighted by molar-refractivity contribution is 0.171. The first-order valence-electron chi connectivity index (χ1n) is 9.51. The highest BCUT2D eigenvalue weighted by Gasteiger charge is 2.19. The molecule has 0 bridgehead atoms. The van der Waals surface area contributed by atoms with E-state index in [2.05, 4.69) is 9.97 Å². The molecule has 8 nitrogen and oxygen atoms in total. The van der Waals surface area contributed by atoms with E-state index in [9.17, 15) is 8.42 Å². The van der Waals surface area contributed by atoms with Crippen LogP contribution in [0.25, 0.3) is 33.4 Å². The summed E-state index contributed by atoms with van der Waals surface area (Å²) in [4.78, 5) is 13.5. The Morgan fingerprint density at radius 1 is 0.968 bits per heavy atom. The Balaban J connectivity index is 1.73. The third-order valence-corrected chi connectivity index (χ3v) is 6.13. The second-order valence-electron chi connectivity index (χ2n) is 7.19. The normalized spacial score (nSPS) is 13.3. The number of hydrogen-bond acceptors (Lipinski definition) is 8. The summed E-state index contributed by atoms with van der Waals surface area (Å²) in [6.07, 6.45) is 5.60. The molecule has 0 amide bonds. The number of hydrogen-bond donors (Lipinski definition) is 1. The molecule has 31 heavy (non-hydrogen) atoms. The lowest BCUT2D eigenvalue weighted by atomic mass is 10.0. The summed E-state index contributed by atoms with van der Waals surface area (Å²) >= 11 is 0. The molecule has 1 aliphatic rings. The van der Waals surface area contributed by atoms with Crippen molar-refractivity contribution in [2.24, 2.45) is 0 Å². The van der Waals surface area contributed by atoms with Crippen LogP contribution in [-0.4, -0.2) is 42.8 Å². The topological polar surface area (TPSA) is 117 Å². The van der Waals surface area contributed by atoms with Crippen LogP contribution in [-0.2, 0) is 9.84 Å². The van der Waals surface area contributed by atoms with Crippen LogP contribution in [0.5, 0.6) is 11.5 Å². The van der Waals surface area contributed by atoms with Gasteiger partial charge in [0.25, 0.3) is 0 Å². The minimum Gasteiger partial charge on any atom is -0.486 e. The van der Waals surface area contributed by atoms with E-state index in [1.54, 1.807) is 6.07 Å². The van der Waals surface area contributed by atoms with E-state index in [1.807, 2.05) is 24.3 Å². The molecule has 0 fully saturated rings. The summed E-state index contributed by atoms with van der Waals surface area (Å²) in [6.45, 7) is 0.990. The quantitative estimate of drug-likeness (QED) is 0.489. The third kappa shape index (κ3) is 3.53. The third-order valence-electron chi connectivity index (χ3n) is 4.98. The Labute approximate surface area is 178 Å². The van der Waals surface area contributed by atoms with Crippen molar-refractivity contribution in [3.63, 3.8) is 0 Å². The number of sulfone groups is 1. The van der Waals surface area contributed by atoms with Gasteiger partial charge in [0.2, 0.25) is 0 Å². The fourth-order valence-corrected chi connectivity index (χ4v) is 4.46. The Bertz CT molecular complexity index is 1440. The van der Waals surface area contributed by atoms with Crippen LogP contribution in [0.1, 0.15) is 0 Å². The van der Waals surface area contributed by atoms with Gasteiger partial charge in [0.15, 0.2) is 21.3 Å². The van der Waals surface area contributed by atoms with Gasteiger partial charge in [-0.05, 0) is 35.9 Å². The maximum Gasteiger partial charge on any atom is 0.176 e. The molecule has 0 saturated heterocycles. The maximum atomic E-state index is 12.2. The first-order chi connectivity index (χ1) is 14.9. The molecule has 3 heterocycles. The van der Waals surface area contributed by atoms with E-state index >= 15 is 0 Å². The number of pyridine rings is 1. The SMILES string of the molecule is CS(=O)(=O)c1ccncc1-c1cnc2cc(N)cc(-c3ccc4c(c3)OCCO4)c2n1. The highest BCUT2D eigenvalue weighted by Crippen LogP contribution is 2.38. The zero-order valence-corrected chi connectivity index (χ0v) is 17.4. The van der Waals surface area contributed by atoms with Crippen LogP contribution in [0.15, 0.2) is 59.9 Å². The van der Waals surface area contributed by atoms with Gasteiger partial charge in [-0.1, -0.05) is 6.07 Å². The van der Waals surface area contributed by atoms with Crippen molar-refractivity contribution in [3.05, 3.63) is 55.0 Å². The van der Waals surface area contributed by atoms with E-state index in [-0.39, 0.29) is 4.90 Å². The first kappa shape index (κ1) is 19.3. The molecule has 0 atom stereocenters. The second kappa shape index (κ2) is 7.21. The minimum absolute atomic E-state index is 0.146. The Hall–Kier alpha value is -3.72. The summed E-state index contributed by atoms with van der Waals surface area (Å²) in [6, 6.07) is 10.6. The molecule has 5 rings (SSSR count). The monoisotopic (exact) mass is 434 g/mol. The standard InChI is InChI=1S/C22H18N4O4S/c1-31(27,28)21-4-5-24-11-16(21)18-12-25-17-10-14(23)9-15(22(17)26-18)13-2-3-19-20(8-13)30-7-6-29-19/h2-5,8-12H,6-7,23H2,1H3. The van der Waals surface area contributed by atoms with Gasteiger partial charge in [0, 0.05) is 35.5 Å². The fraction of sp³-hybridized carbons (Fsp3) is 0.136. The van der Waals surface area contributed by atoms with Gasteiger partial charge < -0.3 is 15.2 Å². The van der Waals surface area contributed by atoms with Crippen LogP contribution in [0.2, 0.25) is 0 Å². The van der Waals surface area contributed by atoms with Gasteiger partial charge in [-0.3, -0.25) is 9.97 Å². The zero-order chi connectivity index (χ0) is 21.6. The number of fused-ring (bicyclic) bond motifs is 2. The van der Waals surface area contributed by atoms with E-state index in [0.29, 0.717) is 52.7 Å². The lowest BCUT2D eigenvalue weighted by Crippen LogP contribution is -2.15. The van der Waals surface area contributed by atoms with Crippen molar-refractivity contribution in [1.82, 2.24) is 15.0 Å². The summed E-state index contributed by atoms with van der Waals surface area (Å²) in [7, 11) is -3.47. The van der Waals surface area contributed by atoms with Crippen LogP contribution in [0, 0.1) is 0 Å². The fourth-order valence-electron chi connectivity index (χ4n) is 3.59. The van der Waals surface area contributed by atoms with Crippen molar-refractivity contribution in [1.29, 1.82) is 0 Å². The summed E-state index contributed by atoms with van der Waals surface area (Å²) < 4.78 is 35.8. The predicted molar refractivity (Wildman–Crippen MR) is 117 cm³/mol. The molecule has 2 aromatic carbocycles. The molecule has 0 aliphatic carbocycles. The molecule has 4 aromatic rings. The number of anilines is 1. The Morgan fingerprint density at radius 2 is 1.77 bits per heavy atom. The van der Waals surface area contributed by atoms with Gasteiger partial charge >= 0.3 is 0 Å². The number of aromatic nitrogens is 3. The van der Waals surface area contributed by atoms with Gasteiger partial charge in [-0.25, -0.2) is 13.4 Å². The summed E-state index contributed by atoms with van der Waals surface area (Å²) in [5.74, 6) is 1.33. The van der Waals surface area contributed by atoms with E-state index < -0.39 is 9.84 Å². The molecule has 2 N–H and O–H groups in total. The average Bonchev–Trinajstić information content (AvgIpc) is 2.77. The Kier molecular flexibility index (Phi) is 4.48. The lowest BCUT2D eigenvalue weighted by Gasteiger charge is -2.19. The van der Waals surface area contributed by atoms with Crippen molar-refractivity contribution in [2.75, 3.05) is 25.2 Å². The van der Waals surface area contributed by atoms with Crippen LogP contribution < -0.4 is 15.2 Å². The molecule has 0 spiro atoms. The molecule has 0 saturated carbocycles. The van der Waals surface area contributed by atoms with Gasteiger partial charge in [0.1, 0.15) is 13.2 Å². The number of ether oxygens (including phenoxy) is 2. The van der Waals surface area contributed by atoms with Crippen LogP contribution in [0.3, 0.4) is 0 Å². The molecule has 0 unspecified atom stereocenters. The van der Waals surface area contributed by atoms with Crippen molar-refractivity contribution < 1.29 is 17.9 Å². The number of benzene rings is 2. The van der Waals surface area contributed by atoms with Crippen molar-refractivity contribution in [2.45, 2.75) is 4.90 Å². The number of nitrogen functional groups attached to an aromatic ring is 1. The number of nitrogens with two attached hydrogens (primary N) is 1. The predicted octanol–water partition coefficient (Wildman–Crippen LogP) is 3.12. The number of nitrogens with zero attached hydrogens (tertiary/aromatic N) is 3. The van der Waals surface area contributed by atoms with Crippen molar-refractivity contribution in [3.8, 4) is 33.9 Å². The zero-order valence-electron chi connectivity index (χ0n) is 16.6. The molecule has 9 heteroatoms. The second-order valence-corrected chi connectivity index (χ2v) is 9.18. The average molecular weight is 434 g/mol. The van der Waals surface area contributed by atoms with E-state index in [0.717, 1.165) is 17.4 Å². The first-order valence-corrected chi connectivity index (χ1v) is 11.4. The molecular formula is C22H18N4O4S. The van der Waals surface area contributed by atoms with Gasteiger partial charge in [-0.2, -0.15) is 0 Å². The van der Waals surface area contributed by atoms with Crippen molar-refractivity contribution >= 4 is 26.6 Å². The van der Waals surface area contributed by atoms with Crippen LogP contribution >= 0.6 is 0 Å². The van der Waals surface area contributed by atoms with E-state index in [1.165, 1.54) is 24.7 Å². The molecule has 2 aromatic heterocycles. The van der Waals surface area contributed by atoms with E-state index in [4.69, 9.17) is 20.2 Å². The summed E-state index contributed by atoms with van der Waals surface area (Å²) in [5.41, 5.74) is 10.2.